The first kappa shape index (κ1) is 17.5. The van der Waals surface area contributed by atoms with Crippen LogP contribution in [0.25, 0.3) is 0 Å². The normalized spacial score (nSPS) is 28.6. The Hall–Kier alpha value is -1.83. The number of hydrogen-bond acceptors (Lipinski definition) is 5. The van der Waals surface area contributed by atoms with Gasteiger partial charge in [-0.25, -0.2) is 9.59 Å². The van der Waals surface area contributed by atoms with Gasteiger partial charge in [0.05, 0.1) is 0 Å². The Kier molecular flexibility index (Phi) is 5.13. The number of carboxylic acid groups (broad SMARTS) is 1. The molecular weight excluding hydrogens is 302 g/mol. The number of carbonyl (C=O) groups is 3. The van der Waals surface area contributed by atoms with Crippen molar-refractivity contribution >= 4 is 18.0 Å². The number of ether oxygens (including phenoxy) is 1. The summed E-state index contributed by atoms with van der Waals surface area (Å²) in [6.07, 6.45) is 1.16. The minimum Gasteiger partial charge on any atom is -0.480 e. The Morgan fingerprint density at radius 1 is 1.30 bits per heavy atom. The number of nitrogens with zero attached hydrogens (tertiary/aromatic N) is 1. The molecule has 0 aromatic carbocycles. The van der Waals surface area contributed by atoms with Crippen molar-refractivity contribution < 1.29 is 24.2 Å². The van der Waals surface area contributed by atoms with Gasteiger partial charge in [-0.3, -0.25) is 4.79 Å². The number of carboxylic acids is 1. The van der Waals surface area contributed by atoms with Gasteiger partial charge in [0.2, 0.25) is 5.91 Å². The highest BCUT2D eigenvalue weighted by atomic mass is 16.6. The minimum absolute atomic E-state index is 0.0978. The lowest BCUT2D eigenvalue weighted by Gasteiger charge is -2.34. The van der Waals surface area contributed by atoms with Gasteiger partial charge in [-0.1, -0.05) is 0 Å². The van der Waals surface area contributed by atoms with E-state index < -0.39 is 29.7 Å². The summed E-state index contributed by atoms with van der Waals surface area (Å²) in [5.41, 5.74) is -0.665. The van der Waals surface area contributed by atoms with Crippen LogP contribution in [0.4, 0.5) is 4.79 Å². The fraction of sp³-hybridized carbons (Fsp3) is 0.800. The first-order valence-corrected chi connectivity index (χ1v) is 7.94. The molecule has 0 unspecified atom stereocenters. The van der Waals surface area contributed by atoms with E-state index in [9.17, 15) is 19.5 Å². The summed E-state index contributed by atoms with van der Waals surface area (Å²) in [5.74, 6) is -1.36. The molecule has 0 bridgehead atoms. The quantitative estimate of drug-likeness (QED) is 0.674. The predicted octanol–water partition coefficient (Wildman–Crippen LogP) is 0.317. The van der Waals surface area contributed by atoms with Crippen LogP contribution in [0.2, 0.25) is 0 Å². The van der Waals surface area contributed by atoms with Crippen molar-refractivity contribution in [1.29, 1.82) is 0 Å². The van der Waals surface area contributed by atoms with Crippen molar-refractivity contribution in [3.63, 3.8) is 0 Å². The minimum atomic E-state index is -0.995. The molecule has 0 spiro atoms. The second-order valence-corrected chi connectivity index (χ2v) is 7.02. The molecule has 3 N–H and O–H groups in total. The first-order chi connectivity index (χ1) is 10.7. The molecule has 2 aliphatic rings. The lowest BCUT2D eigenvalue weighted by molar-refractivity contribution is -0.150. The van der Waals surface area contributed by atoms with E-state index in [1.54, 1.807) is 20.8 Å². The molecule has 2 amide bonds. The Balaban J connectivity index is 2.11. The average molecular weight is 327 g/mol. The Morgan fingerprint density at radius 2 is 2.00 bits per heavy atom. The summed E-state index contributed by atoms with van der Waals surface area (Å²) in [4.78, 5) is 37.5. The van der Waals surface area contributed by atoms with Gasteiger partial charge in [-0.05, 0) is 46.6 Å². The van der Waals surface area contributed by atoms with E-state index in [4.69, 9.17) is 4.74 Å². The molecule has 2 fully saturated rings. The highest BCUT2D eigenvalue weighted by Crippen LogP contribution is 2.28. The number of nitrogens with one attached hydrogen (secondary N) is 2. The van der Waals surface area contributed by atoms with Crippen molar-refractivity contribution in [3.05, 3.63) is 0 Å². The number of fused-ring (bicyclic) bond motifs is 1. The molecule has 2 saturated heterocycles. The summed E-state index contributed by atoms with van der Waals surface area (Å²) >= 11 is 0. The van der Waals surface area contributed by atoms with E-state index in [0.29, 0.717) is 25.8 Å². The number of alkyl carbamates (subject to hydrolysis) is 1. The van der Waals surface area contributed by atoms with Gasteiger partial charge in [0.1, 0.15) is 17.7 Å². The van der Waals surface area contributed by atoms with E-state index in [1.165, 1.54) is 4.90 Å². The fourth-order valence-electron chi connectivity index (χ4n) is 3.09. The second-order valence-electron chi connectivity index (χ2n) is 7.02. The number of amides is 2. The van der Waals surface area contributed by atoms with E-state index in [-0.39, 0.29) is 18.5 Å². The van der Waals surface area contributed by atoms with Gasteiger partial charge in [-0.2, -0.15) is 0 Å². The zero-order valence-corrected chi connectivity index (χ0v) is 13.8. The van der Waals surface area contributed by atoms with Crippen LogP contribution >= 0.6 is 0 Å². The van der Waals surface area contributed by atoms with Crippen LogP contribution in [-0.4, -0.2) is 64.8 Å². The monoisotopic (exact) mass is 327 g/mol. The standard InChI is InChI=1S/C15H25N3O5/c1-15(2,3)23-14(22)17-10-8-16-7-6-9-4-5-11(13(20)21)18(9)12(10)19/h9-11,16H,4-8H2,1-3H3,(H,17,22)(H,20,21)/t9-,10+,11+/m1/s1. The smallest absolute Gasteiger partial charge is 0.408 e. The Morgan fingerprint density at radius 3 is 2.61 bits per heavy atom. The van der Waals surface area contributed by atoms with Gasteiger partial charge in [0.25, 0.3) is 0 Å². The van der Waals surface area contributed by atoms with Crippen LogP contribution in [0.3, 0.4) is 0 Å². The third-order valence-electron chi connectivity index (χ3n) is 4.03. The van der Waals surface area contributed by atoms with Gasteiger partial charge >= 0.3 is 12.1 Å². The molecular formula is C15H25N3O5. The molecule has 8 heteroatoms. The van der Waals surface area contributed by atoms with Gasteiger partial charge < -0.3 is 25.4 Å². The second kappa shape index (κ2) is 6.74. The van der Waals surface area contributed by atoms with Crippen molar-refractivity contribution in [3.8, 4) is 0 Å². The number of aliphatic carboxylic acids is 1. The SMILES string of the molecule is CC(C)(C)OC(=O)N[C@H]1CNCC[C@H]2CC[C@@H](C(=O)O)N2C1=O. The molecule has 2 heterocycles. The Labute approximate surface area is 135 Å². The Bertz CT molecular complexity index is 488. The summed E-state index contributed by atoms with van der Waals surface area (Å²) in [6.45, 7) is 6.14. The van der Waals surface area contributed by atoms with Crippen molar-refractivity contribution in [2.45, 2.75) is 63.8 Å². The van der Waals surface area contributed by atoms with Crippen LogP contribution in [-0.2, 0) is 14.3 Å². The number of rotatable bonds is 2. The topological polar surface area (TPSA) is 108 Å². The molecule has 130 valence electrons. The lowest BCUT2D eigenvalue weighted by Crippen LogP contribution is -2.59. The largest absolute Gasteiger partial charge is 0.480 e. The fourth-order valence-corrected chi connectivity index (χ4v) is 3.09. The van der Waals surface area contributed by atoms with Crippen LogP contribution in [0.1, 0.15) is 40.0 Å². The molecule has 0 radical (unpaired) electrons. The summed E-state index contributed by atoms with van der Waals surface area (Å²) in [7, 11) is 0. The average Bonchev–Trinajstić information content (AvgIpc) is 2.81. The van der Waals surface area contributed by atoms with Gasteiger partial charge in [0, 0.05) is 12.6 Å². The maximum absolute atomic E-state index is 12.7. The third-order valence-corrected chi connectivity index (χ3v) is 4.03. The van der Waals surface area contributed by atoms with E-state index in [0.717, 1.165) is 0 Å². The van der Waals surface area contributed by atoms with Crippen molar-refractivity contribution in [1.82, 2.24) is 15.5 Å². The number of carbonyl (C=O) groups excluding carboxylic acids is 2. The number of hydrogen-bond donors (Lipinski definition) is 3. The molecule has 0 saturated carbocycles. The molecule has 2 aliphatic heterocycles. The summed E-state index contributed by atoms with van der Waals surface area (Å²) < 4.78 is 5.18. The lowest BCUT2D eigenvalue weighted by atomic mass is 10.1. The zero-order valence-electron chi connectivity index (χ0n) is 13.8. The first-order valence-electron chi connectivity index (χ1n) is 7.94. The van der Waals surface area contributed by atoms with Crippen LogP contribution in [0, 0.1) is 0 Å². The highest BCUT2D eigenvalue weighted by molar-refractivity contribution is 5.90. The van der Waals surface area contributed by atoms with Crippen molar-refractivity contribution in [2.75, 3.05) is 13.1 Å². The maximum atomic E-state index is 12.7. The zero-order chi connectivity index (χ0) is 17.2. The molecule has 0 aromatic heterocycles. The maximum Gasteiger partial charge on any atom is 0.408 e. The molecule has 8 nitrogen and oxygen atoms in total. The van der Waals surface area contributed by atoms with Crippen molar-refractivity contribution in [2.24, 2.45) is 0 Å². The van der Waals surface area contributed by atoms with E-state index in [2.05, 4.69) is 10.6 Å². The summed E-state index contributed by atoms with van der Waals surface area (Å²) in [6, 6.07) is -1.74. The third kappa shape index (κ3) is 4.34. The van der Waals surface area contributed by atoms with E-state index >= 15 is 0 Å². The predicted molar refractivity (Wildman–Crippen MR) is 81.9 cm³/mol. The molecule has 2 rings (SSSR count). The van der Waals surface area contributed by atoms with Crippen LogP contribution in [0.15, 0.2) is 0 Å². The van der Waals surface area contributed by atoms with Crippen LogP contribution in [0.5, 0.6) is 0 Å². The molecule has 3 atom stereocenters. The highest BCUT2D eigenvalue weighted by Gasteiger charge is 2.44. The van der Waals surface area contributed by atoms with Gasteiger partial charge in [0.15, 0.2) is 0 Å². The van der Waals surface area contributed by atoms with Gasteiger partial charge in [-0.15, -0.1) is 0 Å². The molecule has 23 heavy (non-hydrogen) atoms. The van der Waals surface area contributed by atoms with Crippen LogP contribution < -0.4 is 10.6 Å². The molecule has 0 aromatic rings. The summed E-state index contributed by atoms with van der Waals surface area (Å²) in [5, 5.41) is 15.0. The van der Waals surface area contributed by atoms with E-state index in [1.807, 2.05) is 0 Å². The molecule has 0 aliphatic carbocycles.